The van der Waals surface area contributed by atoms with Crippen molar-refractivity contribution in [2.45, 2.75) is 59.5 Å². The molecule has 0 radical (unpaired) electrons. The van der Waals surface area contributed by atoms with E-state index in [1.54, 1.807) is 0 Å². The van der Waals surface area contributed by atoms with Gasteiger partial charge in [-0.05, 0) is 18.3 Å². The zero-order valence-corrected chi connectivity index (χ0v) is 11.8. The first kappa shape index (κ1) is 14.0. The number of hydrogen-bond acceptors (Lipinski definition) is 2. The van der Waals surface area contributed by atoms with Gasteiger partial charge in [-0.15, -0.1) is 0 Å². The molecule has 96 valence electrons. The van der Waals surface area contributed by atoms with Crippen LogP contribution in [-0.4, -0.2) is 36.6 Å². The maximum absolute atomic E-state index is 3.71. The highest BCUT2D eigenvalue weighted by Crippen LogP contribution is 2.18. The van der Waals surface area contributed by atoms with Gasteiger partial charge in [0.15, 0.2) is 0 Å². The van der Waals surface area contributed by atoms with Gasteiger partial charge in [0.1, 0.15) is 0 Å². The van der Waals surface area contributed by atoms with Gasteiger partial charge in [-0.3, -0.25) is 4.90 Å². The Morgan fingerprint density at radius 3 is 2.44 bits per heavy atom. The number of nitrogens with one attached hydrogen (secondary N) is 1. The van der Waals surface area contributed by atoms with Gasteiger partial charge in [0.05, 0.1) is 0 Å². The van der Waals surface area contributed by atoms with Gasteiger partial charge < -0.3 is 5.32 Å². The Morgan fingerprint density at radius 1 is 1.25 bits per heavy atom. The molecule has 2 nitrogen and oxygen atoms in total. The Morgan fingerprint density at radius 2 is 1.94 bits per heavy atom. The van der Waals surface area contributed by atoms with E-state index < -0.39 is 0 Å². The van der Waals surface area contributed by atoms with Crippen LogP contribution in [0.5, 0.6) is 0 Å². The lowest BCUT2D eigenvalue weighted by molar-refractivity contribution is 0.0840. The van der Waals surface area contributed by atoms with Crippen LogP contribution in [0.25, 0.3) is 0 Å². The van der Waals surface area contributed by atoms with Crippen molar-refractivity contribution in [3.05, 3.63) is 0 Å². The van der Waals surface area contributed by atoms with E-state index in [1.165, 1.54) is 32.5 Å². The molecule has 1 saturated heterocycles. The van der Waals surface area contributed by atoms with Gasteiger partial charge in [0, 0.05) is 31.7 Å². The topological polar surface area (TPSA) is 15.3 Å². The quantitative estimate of drug-likeness (QED) is 0.775. The number of rotatable bonds is 5. The average molecular weight is 226 g/mol. The highest BCUT2D eigenvalue weighted by molar-refractivity contribution is 4.87. The van der Waals surface area contributed by atoms with Crippen LogP contribution in [-0.2, 0) is 0 Å². The molecule has 0 amide bonds. The summed E-state index contributed by atoms with van der Waals surface area (Å²) in [5.74, 6) is 1.54. The minimum absolute atomic E-state index is 0.721. The van der Waals surface area contributed by atoms with Crippen LogP contribution < -0.4 is 5.32 Å². The SMILES string of the molecule is CCCC1CN(CC(C)C)C(C(C)C)CN1. The molecule has 0 aromatic carbocycles. The van der Waals surface area contributed by atoms with Crippen LogP contribution >= 0.6 is 0 Å². The van der Waals surface area contributed by atoms with Crippen molar-refractivity contribution in [1.82, 2.24) is 10.2 Å². The smallest absolute Gasteiger partial charge is 0.0244 e. The molecule has 0 aromatic rings. The van der Waals surface area contributed by atoms with Crippen molar-refractivity contribution in [2.24, 2.45) is 11.8 Å². The summed E-state index contributed by atoms with van der Waals surface area (Å²) in [6, 6.07) is 1.45. The molecular weight excluding hydrogens is 196 g/mol. The van der Waals surface area contributed by atoms with E-state index in [2.05, 4.69) is 44.8 Å². The second kappa shape index (κ2) is 6.61. The minimum Gasteiger partial charge on any atom is -0.311 e. The maximum atomic E-state index is 3.71. The third-order valence-electron chi connectivity index (χ3n) is 3.55. The fourth-order valence-corrected chi connectivity index (χ4v) is 2.78. The minimum atomic E-state index is 0.721. The van der Waals surface area contributed by atoms with Crippen LogP contribution in [0.2, 0.25) is 0 Å². The Kier molecular flexibility index (Phi) is 5.77. The molecular formula is C14H30N2. The van der Waals surface area contributed by atoms with E-state index in [4.69, 9.17) is 0 Å². The molecule has 0 aliphatic carbocycles. The van der Waals surface area contributed by atoms with E-state index in [0.717, 1.165) is 23.9 Å². The second-order valence-electron chi connectivity index (χ2n) is 6.05. The van der Waals surface area contributed by atoms with Gasteiger partial charge in [-0.1, -0.05) is 41.0 Å². The lowest BCUT2D eigenvalue weighted by Gasteiger charge is -2.43. The number of hydrogen-bond donors (Lipinski definition) is 1. The van der Waals surface area contributed by atoms with Crippen LogP contribution in [0, 0.1) is 11.8 Å². The molecule has 1 aliphatic heterocycles. The first-order valence-electron chi connectivity index (χ1n) is 7.02. The third kappa shape index (κ3) is 4.06. The zero-order valence-electron chi connectivity index (χ0n) is 11.8. The molecule has 2 unspecified atom stereocenters. The van der Waals surface area contributed by atoms with Gasteiger partial charge in [-0.2, -0.15) is 0 Å². The van der Waals surface area contributed by atoms with E-state index in [1.807, 2.05) is 0 Å². The molecule has 2 atom stereocenters. The molecule has 16 heavy (non-hydrogen) atoms. The molecule has 0 spiro atoms. The molecule has 0 bridgehead atoms. The fraction of sp³-hybridized carbons (Fsp3) is 1.00. The monoisotopic (exact) mass is 226 g/mol. The van der Waals surface area contributed by atoms with Crippen LogP contribution in [0.4, 0.5) is 0 Å². The molecule has 0 saturated carbocycles. The van der Waals surface area contributed by atoms with E-state index in [-0.39, 0.29) is 0 Å². The molecule has 2 heteroatoms. The average Bonchev–Trinajstić information content (AvgIpc) is 2.16. The summed E-state index contributed by atoms with van der Waals surface area (Å²) in [5.41, 5.74) is 0. The Labute approximate surface area is 102 Å². The summed E-state index contributed by atoms with van der Waals surface area (Å²) in [5, 5.41) is 3.71. The van der Waals surface area contributed by atoms with Gasteiger partial charge in [0.25, 0.3) is 0 Å². The lowest BCUT2D eigenvalue weighted by Crippen LogP contribution is -2.58. The standard InChI is InChI=1S/C14H30N2/c1-6-7-13-10-16(9-11(2)3)14(8-15-13)12(4)5/h11-15H,6-10H2,1-5H3. The lowest BCUT2D eigenvalue weighted by atomic mass is 9.96. The van der Waals surface area contributed by atoms with Gasteiger partial charge in [0.2, 0.25) is 0 Å². The van der Waals surface area contributed by atoms with E-state index in [9.17, 15) is 0 Å². The van der Waals surface area contributed by atoms with Gasteiger partial charge in [-0.25, -0.2) is 0 Å². The summed E-state index contributed by atoms with van der Waals surface area (Å²) in [6.45, 7) is 15.3. The largest absolute Gasteiger partial charge is 0.311 e. The third-order valence-corrected chi connectivity index (χ3v) is 3.55. The summed E-state index contributed by atoms with van der Waals surface area (Å²) in [6.07, 6.45) is 2.61. The van der Waals surface area contributed by atoms with Crippen molar-refractivity contribution < 1.29 is 0 Å². The van der Waals surface area contributed by atoms with Crippen LogP contribution in [0.1, 0.15) is 47.5 Å². The van der Waals surface area contributed by atoms with Crippen molar-refractivity contribution in [2.75, 3.05) is 19.6 Å². The van der Waals surface area contributed by atoms with Crippen molar-refractivity contribution in [3.63, 3.8) is 0 Å². The summed E-state index contributed by atoms with van der Waals surface area (Å²) in [7, 11) is 0. The fourth-order valence-electron chi connectivity index (χ4n) is 2.78. The van der Waals surface area contributed by atoms with Crippen LogP contribution in [0.15, 0.2) is 0 Å². The molecule has 1 aliphatic rings. The molecule has 0 aromatic heterocycles. The number of nitrogens with zero attached hydrogens (tertiary/aromatic N) is 1. The Bertz CT molecular complexity index is 189. The van der Waals surface area contributed by atoms with Crippen molar-refractivity contribution in [1.29, 1.82) is 0 Å². The molecule has 1 heterocycles. The second-order valence-corrected chi connectivity index (χ2v) is 6.05. The summed E-state index contributed by atoms with van der Waals surface area (Å²) >= 11 is 0. The Balaban J connectivity index is 2.54. The zero-order chi connectivity index (χ0) is 12.1. The first-order valence-corrected chi connectivity index (χ1v) is 7.02. The molecule has 1 rings (SSSR count). The van der Waals surface area contributed by atoms with Crippen LogP contribution in [0.3, 0.4) is 0 Å². The Hall–Kier alpha value is -0.0800. The first-order chi connectivity index (χ1) is 7.54. The number of piperazine rings is 1. The predicted octanol–water partition coefficient (Wildman–Crippen LogP) is 2.74. The van der Waals surface area contributed by atoms with E-state index >= 15 is 0 Å². The highest BCUT2D eigenvalue weighted by atomic mass is 15.2. The molecule has 1 N–H and O–H groups in total. The highest BCUT2D eigenvalue weighted by Gasteiger charge is 2.29. The normalized spacial score (nSPS) is 27.9. The van der Waals surface area contributed by atoms with Crippen molar-refractivity contribution >= 4 is 0 Å². The van der Waals surface area contributed by atoms with E-state index in [0.29, 0.717) is 0 Å². The van der Waals surface area contributed by atoms with Crippen molar-refractivity contribution in [3.8, 4) is 0 Å². The van der Waals surface area contributed by atoms with Gasteiger partial charge >= 0.3 is 0 Å². The predicted molar refractivity (Wildman–Crippen MR) is 71.7 cm³/mol. The summed E-state index contributed by atoms with van der Waals surface area (Å²) in [4.78, 5) is 2.71. The summed E-state index contributed by atoms with van der Waals surface area (Å²) < 4.78 is 0. The maximum Gasteiger partial charge on any atom is 0.0244 e. The molecule has 1 fully saturated rings.